The summed E-state index contributed by atoms with van der Waals surface area (Å²) >= 11 is 1.70. The molecule has 0 rings (SSSR count). The molecular weight excluding hydrogens is 296 g/mol. The molecule has 2 N–H and O–H groups in total. The van der Waals surface area contributed by atoms with Crippen molar-refractivity contribution in [1.82, 2.24) is 4.72 Å². The van der Waals surface area contributed by atoms with Gasteiger partial charge in [0.05, 0.1) is 5.04 Å². The molecule has 0 aromatic heterocycles. The predicted octanol–water partition coefficient (Wildman–Crippen LogP) is 2.77. The Morgan fingerprint density at radius 3 is 2.30 bits per heavy atom. The molecule has 0 aromatic carbocycles. The first kappa shape index (κ1) is 19.6. The zero-order chi connectivity index (χ0) is 15.9. The highest BCUT2D eigenvalue weighted by Gasteiger charge is 2.28. The Kier molecular flexibility index (Phi) is 8.65. The third-order valence-corrected chi connectivity index (χ3v) is 5.66. The summed E-state index contributed by atoms with van der Waals surface area (Å²) in [4.78, 5) is 4.22. The molecule has 118 valence electrons. The molecule has 1 unspecified atom stereocenters. The van der Waals surface area contributed by atoms with E-state index < -0.39 is 16.3 Å². The standard InChI is InChI=1S/C13H26N2O3S2/c1-7-12(15-20(16,17)18)10(4)9(3)11(5)19-13(8-2)14-6/h7,9-12,15H,1,8H2,2-6H3,(H,16,17,18)/t9-,10+,11+,12?/m0/s1. The highest BCUT2D eigenvalue weighted by Crippen LogP contribution is 2.29. The van der Waals surface area contributed by atoms with Gasteiger partial charge in [-0.2, -0.15) is 13.1 Å². The van der Waals surface area contributed by atoms with Crippen LogP contribution in [0.15, 0.2) is 17.6 Å². The molecule has 0 saturated heterocycles. The van der Waals surface area contributed by atoms with Crippen LogP contribution >= 0.6 is 11.8 Å². The van der Waals surface area contributed by atoms with Crippen LogP contribution in [0.25, 0.3) is 0 Å². The molecule has 20 heavy (non-hydrogen) atoms. The van der Waals surface area contributed by atoms with E-state index >= 15 is 0 Å². The summed E-state index contributed by atoms with van der Waals surface area (Å²) in [7, 11) is -2.45. The predicted molar refractivity (Wildman–Crippen MR) is 87.7 cm³/mol. The van der Waals surface area contributed by atoms with E-state index in [-0.39, 0.29) is 17.1 Å². The summed E-state index contributed by atoms with van der Waals surface area (Å²) in [6, 6.07) is -0.494. The van der Waals surface area contributed by atoms with Crippen molar-refractivity contribution in [2.75, 3.05) is 7.05 Å². The summed E-state index contributed by atoms with van der Waals surface area (Å²) in [5.74, 6) is 0.229. The molecule has 0 amide bonds. The zero-order valence-electron chi connectivity index (χ0n) is 12.8. The molecule has 0 aromatic rings. The molecule has 5 nitrogen and oxygen atoms in total. The van der Waals surface area contributed by atoms with E-state index in [4.69, 9.17) is 4.55 Å². The first-order chi connectivity index (χ1) is 9.16. The van der Waals surface area contributed by atoms with Crippen molar-refractivity contribution < 1.29 is 13.0 Å². The third kappa shape index (κ3) is 6.88. The molecule has 0 spiro atoms. The van der Waals surface area contributed by atoms with Crippen LogP contribution in [0.4, 0.5) is 0 Å². The first-order valence-corrected chi connectivity index (χ1v) is 8.97. The lowest BCUT2D eigenvalue weighted by Crippen LogP contribution is -2.41. The Bertz CT molecular complexity index is 435. The number of hydrogen-bond acceptors (Lipinski definition) is 4. The van der Waals surface area contributed by atoms with Crippen LogP contribution in [0.1, 0.15) is 34.1 Å². The van der Waals surface area contributed by atoms with E-state index in [9.17, 15) is 8.42 Å². The van der Waals surface area contributed by atoms with E-state index in [2.05, 4.69) is 37.1 Å². The van der Waals surface area contributed by atoms with Crippen molar-refractivity contribution >= 4 is 27.1 Å². The average Bonchev–Trinajstić information content (AvgIpc) is 2.39. The van der Waals surface area contributed by atoms with Gasteiger partial charge < -0.3 is 0 Å². The lowest BCUT2D eigenvalue weighted by molar-refractivity contribution is 0.333. The van der Waals surface area contributed by atoms with Gasteiger partial charge >= 0.3 is 10.3 Å². The molecule has 0 bridgehead atoms. The van der Waals surface area contributed by atoms with Gasteiger partial charge in [-0.15, -0.1) is 18.3 Å². The van der Waals surface area contributed by atoms with Crippen molar-refractivity contribution in [2.24, 2.45) is 16.8 Å². The van der Waals surface area contributed by atoms with E-state index in [0.717, 1.165) is 11.5 Å². The maximum atomic E-state index is 10.9. The number of hydrogen-bond donors (Lipinski definition) is 2. The highest BCUT2D eigenvalue weighted by atomic mass is 32.2. The van der Waals surface area contributed by atoms with Gasteiger partial charge in [-0.3, -0.25) is 9.55 Å². The van der Waals surface area contributed by atoms with Crippen LogP contribution in [0.5, 0.6) is 0 Å². The molecule has 0 heterocycles. The van der Waals surface area contributed by atoms with Gasteiger partial charge in [0.25, 0.3) is 0 Å². The number of rotatable bonds is 8. The van der Waals surface area contributed by atoms with Gasteiger partial charge in [0, 0.05) is 18.3 Å². The van der Waals surface area contributed by atoms with Crippen LogP contribution in [0, 0.1) is 11.8 Å². The maximum absolute atomic E-state index is 10.9. The topological polar surface area (TPSA) is 78.8 Å². The van der Waals surface area contributed by atoms with E-state index in [1.165, 1.54) is 6.08 Å². The summed E-state index contributed by atoms with van der Waals surface area (Å²) < 4.78 is 33.0. The molecule has 0 aliphatic rings. The number of nitrogens with one attached hydrogen (secondary N) is 1. The van der Waals surface area contributed by atoms with E-state index in [1.54, 1.807) is 18.8 Å². The third-order valence-electron chi connectivity index (χ3n) is 3.55. The number of aliphatic imine (C=N–C) groups is 1. The lowest BCUT2D eigenvalue weighted by Gasteiger charge is -2.30. The van der Waals surface area contributed by atoms with E-state index in [0.29, 0.717) is 0 Å². The molecule has 4 atom stereocenters. The largest absolute Gasteiger partial charge is 0.333 e. The first-order valence-electron chi connectivity index (χ1n) is 6.65. The Morgan fingerprint density at radius 1 is 1.40 bits per heavy atom. The van der Waals surface area contributed by atoms with Crippen LogP contribution in [-0.4, -0.2) is 36.4 Å². The number of thioether (sulfide) groups is 1. The Morgan fingerprint density at radius 2 is 1.95 bits per heavy atom. The van der Waals surface area contributed by atoms with Crippen LogP contribution in [0.3, 0.4) is 0 Å². The molecule has 0 fully saturated rings. The number of nitrogens with zero attached hydrogens (tertiary/aromatic N) is 1. The molecule has 7 heteroatoms. The fraction of sp³-hybridized carbons (Fsp3) is 0.769. The summed E-state index contributed by atoms with van der Waals surface area (Å²) in [6.45, 7) is 11.8. The second-order valence-corrected chi connectivity index (χ2v) is 7.50. The monoisotopic (exact) mass is 322 g/mol. The molecule has 0 aliphatic heterocycles. The van der Waals surface area contributed by atoms with Gasteiger partial charge in [0.2, 0.25) is 0 Å². The van der Waals surface area contributed by atoms with E-state index in [1.807, 2.05) is 6.92 Å². The van der Waals surface area contributed by atoms with Crippen LogP contribution in [0.2, 0.25) is 0 Å². The summed E-state index contributed by atoms with van der Waals surface area (Å²) in [5, 5.41) is 1.36. The van der Waals surface area contributed by atoms with Crippen molar-refractivity contribution in [3.05, 3.63) is 12.7 Å². The van der Waals surface area contributed by atoms with Gasteiger partial charge in [0.1, 0.15) is 0 Å². The summed E-state index contributed by atoms with van der Waals surface area (Å²) in [6.07, 6.45) is 2.40. The fourth-order valence-electron chi connectivity index (χ4n) is 1.91. The average molecular weight is 322 g/mol. The maximum Gasteiger partial charge on any atom is 0.333 e. The summed E-state index contributed by atoms with van der Waals surface area (Å²) in [5.41, 5.74) is 0. The fourth-order valence-corrected chi connectivity index (χ4v) is 3.73. The molecule has 0 aliphatic carbocycles. The van der Waals surface area contributed by atoms with Gasteiger partial charge in [0.15, 0.2) is 0 Å². The van der Waals surface area contributed by atoms with Crippen molar-refractivity contribution in [3.8, 4) is 0 Å². The van der Waals surface area contributed by atoms with Crippen LogP contribution < -0.4 is 4.72 Å². The normalized spacial score (nSPS) is 19.2. The minimum absolute atomic E-state index is 0.00638. The van der Waals surface area contributed by atoms with Crippen molar-refractivity contribution in [2.45, 2.75) is 45.4 Å². The zero-order valence-corrected chi connectivity index (χ0v) is 14.5. The van der Waals surface area contributed by atoms with Gasteiger partial charge in [-0.05, 0) is 18.3 Å². The van der Waals surface area contributed by atoms with Crippen LogP contribution in [-0.2, 0) is 10.3 Å². The Balaban J connectivity index is 4.80. The second-order valence-electron chi connectivity index (χ2n) is 4.87. The minimum atomic E-state index is -4.22. The molecule has 0 saturated carbocycles. The van der Waals surface area contributed by atoms with Gasteiger partial charge in [-0.1, -0.05) is 33.8 Å². The van der Waals surface area contributed by atoms with Crippen molar-refractivity contribution in [3.63, 3.8) is 0 Å². The Labute approximate surface area is 127 Å². The van der Waals surface area contributed by atoms with Gasteiger partial charge in [-0.25, -0.2) is 0 Å². The molecule has 0 radical (unpaired) electrons. The SMILES string of the molecule is C=CC(NS(=O)(=O)O)[C@H](C)[C@H](C)[C@@H](C)SC(CC)=NC. The quantitative estimate of drug-likeness (QED) is 0.312. The molecular formula is C13H26N2O3S2. The second kappa shape index (κ2) is 8.81. The highest BCUT2D eigenvalue weighted by molar-refractivity contribution is 8.14. The Hall–Kier alpha value is -0.370. The minimum Gasteiger partial charge on any atom is -0.286 e. The smallest absolute Gasteiger partial charge is 0.286 e. The van der Waals surface area contributed by atoms with Crippen molar-refractivity contribution in [1.29, 1.82) is 0 Å². The lowest BCUT2D eigenvalue weighted by atomic mass is 9.87.